The highest BCUT2D eigenvalue weighted by atomic mass is 16.5. The number of nitrogens with one attached hydrogen (secondary N) is 1. The van der Waals surface area contributed by atoms with Gasteiger partial charge in [0.05, 0.1) is 26.5 Å². The van der Waals surface area contributed by atoms with Crippen molar-refractivity contribution < 1.29 is 9.47 Å². The van der Waals surface area contributed by atoms with Gasteiger partial charge in [0.25, 0.3) is 0 Å². The van der Waals surface area contributed by atoms with Crippen LogP contribution < -0.4 is 14.8 Å². The molecule has 1 aromatic heterocycles. The summed E-state index contributed by atoms with van der Waals surface area (Å²) < 4.78 is 12.3. The second-order valence-electron chi connectivity index (χ2n) is 3.87. The highest BCUT2D eigenvalue weighted by molar-refractivity contribution is 5.54. The molecular formula is C13H17N3O2. The van der Waals surface area contributed by atoms with Gasteiger partial charge in [0.2, 0.25) is 0 Å². The molecule has 0 radical (unpaired) electrons. The fourth-order valence-corrected chi connectivity index (χ4v) is 1.71. The lowest BCUT2D eigenvalue weighted by atomic mass is 10.2. The Morgan fingerprint density at radius 1 is 1.17 bits per heavy atom. The summed E-state index contributed by atoms with van der Waals surface area (Å²) in [6.45, 7) is 0.714. The van der Waals surface area contributed by atoms with Crippen molar-refractivity contribution in [2.75, 3.05) is 19.5 Å². The monoisotopic (exact) mass is 247 g/mol. The van der Waals surface area contributed by atoms with Gasteiger partial charge in [0, 0.05) is 25.0 Å². The first-order valence-electron chi connectivity index (χ1n) is 5.67. The van der Waals surface area contributed by atoms with E-state index in [0.29, 0.717) is 12.3 Å². The van der Waals surface area contributed by atoms with Crippen molar-refractivity contribution in [1.29, 1.82) is 0 Å². The van der Waals surface area contributed by atoms with E-state index >= 15 is 0 Å². The molecule has 96 valence electrons. The molecule has 0 saturated carbocycles. The Hall–Kier alpha value is -2.17. The van der Waals surface area contributed by atoms with Crippen LogP contribution in [0.2, 0.25) is 0 Å². The number of benzene rings is 1. The lowest BCUT2D eigenvalue weighted by Gasteiger charge is -2.11. The molecule has 5 heteroatoms. The Kier molecular flexibility index (Phi) is 3.72. The van der Waals surface area contributed by atoms with Crippen molar-refractivity contribution in [2.24, 2.45) is 7.05 Å². The number of aryl methyl sites for hydroxylation is 1. The van der Waals surface area contributed by atoms with Gasteiger partial charge in [-0.3, -0.25) is 4.68 Å². The Balaban J connectivity index is 2.08. The zero-order valence-corrected chi connectivity index (χ0v) is 10.8. The SMILES string of the molecule is COc1ccc(NCc2ccnn2C)cc1OC. The molecule has 0 saturated heterocycles. The van der Waals surface area contributed by atoms with E-state index in [1.54, 1.807) is 20.4 Å². The molecule has 0 amide bonds. The van der Waals surface area contributed by atoms with Gasteiger partial charge in [-0.05, 0) is 18.2 Å². The molecule has 1 heterocycles. The number of hydrogen-bond donors (Lipinski definition) is 1. The number of ether oxygens (including phenoxy) is 2. The summed E-state index contributed by atoms with van der Waals surface area (Å²) in [5, 5.41) is 7.44. The second kappa shape index (κ2) is 5.44. The molecule has 0 aliphatic heterocycles. The third-order valence-electron chi connectivity index (χ3n) is 2.78. The van der Waals surface area contributed by atoms with Crippen molar-refractivity contribution in [3.05, 3.63) is 36.2 Å². The average Bonchev–Trinajstić information content (AvgIpc) is 2.81. The Bertz CT molecular complexity index is 523. The zero-order valence-electron chi connectivity index (χ0n) is 10.8. The Labute approximate surface area is 106 Å². The first-order chi connectivity index (χ1) is 8.74. The number of methoxy groups -OCH3 is 2. The van der Waals surface area contributed by atoms with Crippen molar-refractivity contribution >= 4 is 5.69 Å². The Morgan fingerprint density at radius 3 is 2.56 bits per heavy atom. The van der Waals surface area contributed by atoms with Crippen molar-refractivity contribution in [1.82, 2.24) is 9.78 Å². The van der Waals surface area contributed by atoms with E-state index in [9.17, 15) is 0 Å². The minimum Gasteiger partial charge on any atom is -0.493 e. The van der Waals surface area contributed by atoms with Gasteiger partial charge in [0.1, 0.15) is 0 Å². The normalized spacial score (nSPS) is 10.2. The molecule has 5 nitrogen and oxygen atoms in total. The van der Waals surface area contributed by atoms with Crippen LogP contribution in [-0.4, -0.2) is 24.0 Å². The summed E-state index contributed by atoms with van der Waals surface area (Å²) in [5.74, 6) is 1.44. The topological polar surface area (TPSA) is 48.3 Å². The van der Waals surface area contributed by atoms with Gasteiger partial charge in [-0.15, -0.1) is 0 Å². The summed E-state index contributed by atoms with van der Waals surface area (Å²) in [5.41, 5.74) is 2.10. The van der Waals surface area contributed by atoms with E-state index in [1.807, 2.05) is 36.0 Å². The zero-order chi connectivity index (χ0) is 13.0. The van der Waals surface area contributed by atoms with Crippen LogP contribution in [0.3, 0.4) is 0 Å². The molecule has 0 unspecified atom stereocenters. The maximum absolute atomic E-state index is 5.26. The maximum atomic E-state index is 5.26. The number of anilines is 1. The van der Waals surface area contributed by atoms with Gasteiger partial charge < -0.3 is 14.8 Å². The summed E-state index contributed by atoms with van der Waals surface area (Å²) in [4.78, 5) is 0. The minimum absolute atomic E-state index is 0.714. The van der Waals surface area contributed by atoms with Crippen LogP contribution in [0.25, 0.3) is 0 Å². The molecular weight excluding hydrogens is 230 g/mol. The average molecular weight is 247 g/mol. The molecule has 0 fully saturated rings. The van der Waals surface area contributed by atoms with E-state index < -0.39 is 0 Å². The van der Waals surface area contributed by atoms with Gasteiger partial charge in [0.15, 0.2) is 11.5 Å². The van der Waals surface area contributed by atoms with Crippen molar-refractivity contribution in [3.8, 4) is 11.5 Å². The fraction of sp³-hybridized carbons (Fsp3) is 0.308. The van der Waals surface area contributed by atoms with Crippen molar-refractivity contribution in [3.63, 3.8) is 0 Å². The van der Waals surface area contributed by atoms with Crippen LogP contribution in [-0.2, 0) is 13.6 Å². The van der Waals surface area contributed by atoms with E-state index in [2.05, 4.69) is 10.4 Å². The van der Waals surface area contributed by atoms with Gasteiger partial charge in [-0.1, -0.05) is 0 Å². The van der Waals surface area contributed by atoms with Crippen LogP contribution in [0, 0.1) is 0 Å². The Morgan fingerprint density at radius 2 is 1.94 bits per heavy atom. The van der Waals surface area contributed by atoms with Crippen LogP contribution in [0.5, 0.6) is 11.5 Å². The van der Waals surface area contributed by atoms with E-state index in [-0.39, 0.29) is 0 Å². The summed E-state index contributed by atoms with van der Waals surface area (Å²) in [7, 11) is 5.18. The van der Waals surface area contributed by atoms with Gasteiger partial charge in [-0.25, -0.2) is 0 Å². The van der Waals surface area contributed by atoms with Gasteiger partial charge in [-0.2, -0.15) is 5.10 Å². The molecule has 0 spiro atoms. The largest absolute Gasteiger partial charge is 0.493 e. The predicted octanol–water partition coefficient (Wildman–Crippen LogP) is 2.05. The summed E-state index contributed by atoms with van der Waals surface area (Å²) >= 11 is 0. The lowest BCUT2D eigenvalue weighted by Crippen LogP contribution is -2.05. The van der Waals surface area contributed by atoms with Crippen LogP contribution in [0.15, 0.2) is 30.5 Å². The third kappa shape index (κ3) is 2.56. The predicted molar refractivity (Wildman–Crippen MR) is 70.1 cm³/mol. The first kappa shape index (κ1) is 12.3. The van der Waals surface area contributed by atoms with E-state index in [4.69, 9.17) is 9.47 Å². The molecule has 0 bridgehead atoms. The summed E-state index contributed by atoms with van der Waals surface area (Å²) in [6, 6.07) is 7.73. The smallest absolute Gasteiger partial charge is 0.162 e. The number of nitrogens with zero attached hydrogens (tertiary/aromatic N) is 2. The molecule has 0 atom stereocenters. The molecule has 0 aliphatic carbocycles. The molecule has 2 rings (SSSR count). The number of hydrogen-bond acceptors (Lipinski definition) is 4. The molecule has 2 aromatic rings. The summed E-state index contributed by atoms with van der Waals surface area (Å²) in [6.07, 6.45) is 1.78. The third-order valence-corrected chi connectivity index (χ3v) is 2.78. The fourth-order valence-electron chi connectivity index (χ4n) is 1.71. The van der Waals surface area contributed by atoms with E-state index in [1.165, 1.54) is 0 Å². The first-order valence-corrected chi connectivity index (χ1v) is 5.67. The lowest BCUT2D eigenvalue weighted by molar-refractivity contribution is 0.355. The molecule has 18 heavy (non-hydrogen) atoms. The quantitative estimate of drug-likeness (QED) is 0.878. The maximum Gasteiger partial charge on any atom is 0.162 e. The van der Waals surface area contributed by atoms with E-state index in [0.717, 1.165) is 17.1 Å². The second-order valence-corrected chi connectivity index (χ2v) is 3.87. The van der Waals surface area contributed by atoms with Crippen LogP contribution in [0.4, 0.5) is 5.69 Å². The van der Waals surface area contributed by atoms with Gasteiger partial charge >= 0.3 is 0 Å². The number of rotatable bonds is 5. The molecule has 1 N–H and O–H groups in total. The molecule has 0 aliphatic rings. The van der Waals surface area contributed by atoms with Crippen LogP contribution in [0.1, 0.15) is 5.69 Å². The minimum atomic E-state index is 0.714. The number of aromatic nitrogens is 2. The molecule has 1 aromatic carbocycles. The highest BCUT2D eigenvalue weighted by Crippen LogP contribution is 2.29. The van der Waals surface area contributed by atoms with Crippen molar-refractivity contribution in [2.45, 2.75) is 6.54 Å². The highest BCUT2D eigenvalue weighted by Gasteiger charge is 2.05. The van der Waals surface area contributed by atoms with Crippen LogP contribution >= 0.6 is 0 Å². The standard InChI is InChI=1S/C13H17N3O2/c1-16-11(6-7-15-16)9-14-10-4-5-12(17-2)13(8-10)18-3/h4-8,14H,9H2,1-3H3.